The summed E-state index contributed by atoms with van der Waals surface area (Å²) in [7, 11) is 3.39. The number of methoxy groups -OCH3 is 2. The van der Waals surface area contributed by atoms with E-state index in [-0.39, 0.29) is 12.2 Å². The molecule has 5 nitrogen and oxygen atoms in total. The summed E-state index contributed by atoms with van der Waals surface area (Å²) in [5, 5.41) is 8.19. The van der Waals surface area contributed by atoms with Gasteiger partial charge < -0.3 is 14.4 Å². The maximum absolute atomic E-state index is 5.67. The topological polar surface area (TPSA) is 47.5 Å². The van der Waals surface area contributed by atoms with Crippen molar-refractivity contribution in [3.63, 3.8) is 0 Å². The lowest BCUT2D eigenvalue weighted by molar-refractivity contribution is -0.00461. The van der Waals surface area contributed by atoms with Gasteiger partial charge in [0.25, 0.3) is 0 Å². The van der Waals surface area contributed by atoms with Crippen LogP contribution in [-0.2, 0) is 15.4 Å². The zero-order chi connectivity index (χ0) is 12.3. The van der Waals surface area contributed by atoms with E-state index in [1.807, 2.05) is 12.1 Å². The van der Waals surface area contributed by atoms with Crippen LogP contribution in [0.4, 0.5) is 5.82 Å². The smallest absolute Gasteiger partial charge is 0.151 e. The molecule has 2 atom stereocenters. The second kappa shape index (κ2) is 5.62. The number of hydrogen-bond donors (Lipinski definition) is 0. The van der Waals surface area contributed by atoms with Crippen LogP contribution in [0.25, 0.3) is 0 Å². The first kappa shape index (κ1) is 12.5. The SMILES string of the molecule is COC1CN(c2ccc(CCl)nn2)CC1OC. The van der Waals surface area contributed by atoms with E-state index in [1.54, 1.807) is 14.2 Å². The van der Waals surface area contributed by atoms with Crippen LogP contribution < -0.4 is 4.90 Å². The van der Waals surface area contributed by atoms with Crippen LogP contribution >= 0.6 is 11.6 Å². The minimum Gasteiger partial charge on any atom is -0.377 e. The van der Waals surface area contributed by atoms with E-state index in [0.29, 0.717) is 5.88 Å². The van der Waals surface area contributed by atoms with Gasteiger partial charge in [-0.25, -0.2) is 0 Å². The monoisotopic (exact) mass is 257 g/mol. The second-order valence-electron chi connectivity index (χ2n) is 3.97. The van der Waals surface area contributed by atoms with Crippen molar-refractivity contribution in [3.8, 4) is 0 Å². The number of hydrogen-bond acceptors (Lipinski definition) is 5. The van der Waals surface area contributed by atoms with E-state index in [4.69, 9.17) is 21.1 Å². The number of alkyl halides is 1. The van der Waals surface area contributed by atoms with Gasteiger partial charge in [0.1, 0.15) is 12.2 Å². The molecular formula is C11H16ClN3O2. The second-order valence-corrected chi connectivity index (χ2v) is 4.24. The molecule has 1 aliphatic rings. The van der Waals surface area contributed by atoms with Gasteiger partial charge in [0, 0.05) is 27.3 Å². The van der Waals surface area contributed by atoms with E-state index in [0.717, 1.165) is 24.6 Å². The Morgan fingerprint density at radius 2 is 1.88 bits per heavy atom. The Kier molecular flexibility index (Phi) is 4.15. The Bertz CT molecular complexity index is 348. The van der Waals surface area contributed by atoms with Crippen molar-refractivity contribution < 1.29 is 9.47 Å². The quantitative estimate of drug-likeness (QED) is 0.755. The molecule has 1 saturated heterocycles. The fourth-order valence-electron chi connectivity index (χ4n) is 1.98. The van der Waals surface area contributed by atoms with Crippen LogP contribution in [0.1, 0.15) is 5.69 Å². The van der Waals surface area contributed by atoms with Crippen LogP contribution in [0.15, 0.2) is 12.1 Å². The third kappa shape index (κ3) is 2.68. The van der Waals surface area contributed by atoms with Crippen LogP contribution in [0.5, 0.6) is 0 Å². The average molecular weight is 258 g/mol. The van der Waals surface area contributed by atoms with E-state index in [9.17, 15) is 0 Å². The van der Waals surface area contributed by atoms with Crippen molar-refractivity contribution in [2.75, 3.05) is 32.2 Å². The minimum atomic E-state index is 0.0782. The highest BCUT2D eigenvalue weighted by atomic mass is 35.5. The molecule has 1 fully saturated rings. The Hall–Kier alpha value is -0.910. The molecule has 1 aromatic rings. The number of aromatic nitrogens is 2. The number of rotatable bonds is 4. The van der Waals surface area contributed by atoms with Gasteiger partial charge in [0.15, 0.2) is 5.82 Å². The Balaban J connectivity index is 2.07. The molecule has 0 amide bonds. The lowest BCUT2D eigenvalue weighted by Crippen LogP contribution is -2.27. The summed E-state index contributed by atoms with van der Waals surface area (Å²) in [5.41, 5.74) is 0.779. The van der Waals surface area contributed by atoms with Gasteiger partial charge >= 0.3 is 0 Å². The van der Waals surface area contributed by atoms with E-state index >= 15 is 0 Å². The van der Waals surface area contributed by atoms with Crippen LogP contribution in [0.2, 0.25) is 0 Å². The number of ether oxygens (including phenoxy) is 2. The molecule has 6 heteroatoms. The zero-order valence-corrected chi connectivity index (χ0v) is 10.7. The Morgan fingerprint density at radius 1 is 1.24 bits per heavy atom. The summed E-state index contributed by atoms with van der Waals surface area (Å²) in [4.78, 5) is 2.10. The normalized spacial score (nSPS) is 24.3. The van der Waals surface area contributed by atoms with E-state index < -0.39 is 0 Å². The Morgan fingerprint density at radius 3 is 2.29 bits per heavy atom. The van der Waals surface area contributed by atoms with Gasteiger partial charge in [0.05, 0.1) is 11.6 Å². The first-order valence-corrected chi connectivity index (χ1v) is 6.01. The van der Waals surface area contributed by atoms with Crippen molar-refractivity contribution in [2.45, 2.75) is 18.1 Å². The molecule has 0 saturated carbocycles. The molecular weight excluding hydrogens is 242 g/mol. The molecule has 0 aliphatic carbocycles. The van der Waals surface area contributed by atoms with Gasteiger partial charge in [-0.15, -0.1) is 16.7 Å². The molecule has 2 rings (SSSR count). The number of halogens is 1. The van der Waals surface area contributed by atoms with Gasteiger partial charge in [-0.2, -0.15) is 5.10 Å². The molecule has 94 valence electrons. The largest absolute Gasteiger partial charge is 0.377 e. The molecule has 0 aromatic carbocycles. The molecule has 2 unspecified atom stereocenters. The van der Waals surface area contributed by atoms with Crippen molar-refractivity contribution in [2.24, 2.45) is 0 Å². The van der Waals surface area contributed by atoms with Crippen LogP contribution in [0, 0.1) is 0 Å². The number of nitrogens with zero attached hydrogens (tertiary/aromatic N) is 3. The summed E-state index contributed by atoms with van der Waals surface area (Å²) in [6.07, 6.45) is 0.156. The molecule has 2 heterocycles. The van der Waals surface area contributed by atoms with Crippen LogP contribution in [0.3, 0.4) is 0 Å². The maximum atomic E-state index is 5.67. The number of anilines is 1. The lowest BCUT2D eigenvalue weighted by atomic mass is 10.3. The van der Waals surface area contributed by atoms with Gasteiger partial charge in [-0.05, 0) is 12.1 Å². The summed E-state index contributed by atoms with van der Waals surface area (Å²) < 4.78 is 10.8. The van der Waals surface area contributed by atoms with Crippen molar-refractivity contribution >= 4 is 17.4 Å². The molecule has 0 bridgehead atoms. The van der Waals surface area contributed by atoms with Gasteiger partial charge in [-0.1, -0.05) is 0 Å². The van der Waals surface area contributed by atoms with Crippen molar-refractivity contribution in [3.05, 3.63) is 17.8 Å². The third-order valence-corrected chi connectivity index (χ3v) is 3.26. The molecule has 0 N–H and O–H groups in total. The first-order valence-electron chi connectivity index (χ1n) is 5.47. The van der Waals surface area contributed by atoms with Gasteiger partial charge in [0.2, 0.25) is 0 Å². The predicted octanol–water partition coefficient (Wildman–Crippen LogP) is 1.07. The summed E-state index contributed by atoms with van der Waals surface area (Å²) in [5.74, 6) is 1.22. The van der Waals surface area contributed by atoms with Crippen molar-refractivity contribution in [1.82, 2.24) is 10.2 Å². The fraction of sp³-hybridized carbons (Fsp3) is 0.636. The van der Waals surface area contributed by atoms with Gasteiger partial charge in [-0.3, -0.25) is 0 Å². The maximum Gasteiger partial charge on any atom is 0.151 e. The minimum absolute atomic E-state index is 0.0782. The fourth-order valence-corrected chi connectivity index (χ4v) is 2.12. The molecule has 1 aliphatic heterocycles. The average Bonchev–Trinajstić information content (AvgIpc) is 2.82. The highest BCUT2D eigenvalue weighted by Gasteiger charge is 2.33. The highest BCUT2D eigenvalue weighted by molar-refractivity contribution is 6.16. The van der Waals surface area contributed by atoms with E-state index in [1.165, 1.54) is 0 Å². The predicted molar refractivity (Wildman–Crippen MR) is 65.4 cm³/mol. The van der Waals surface area contributed by atoms with Crippen molar-refractivity contribution in [1.29, 1.82) is 0 Å². The lowest BCUT2D eigenvalue weighted by Gasteiger charge is -2.15. The summed E-state index contributed by atoms with van der Waals surface area (Å²) in [6, 6.07) is 3.81. The summed E-state index contributed by atoms with van der Waals surface area (Å²) in [6.45, 7) is 1.54. The summed E-state index contributed by atoms with van der Waals surface area (Å²) >= 11 is 5.67. The highest BCUT2D eigenvalue weighted by Crippen LogP contribution is 2.21. The molecule has 17 heavy (non-hydrogen) atoms. The first-order chi connectivity index (χ1) is 8.28. The standard InChI is InChI=1S/C11H16ClN3O2/c1-16-9-6-15(7-10(9)17-2)11-4-3-8(5-12)13-14-11/h3-4,9-10H,5-7H2,1-2H3. The molecule has 0 spiro atoms. The third-order valence-electron chi connectivity index (χ3n) is 2.99. The molecule has 0 radical (unpaired) electrons. The Labute approximate surface area is 106 Å². The van der Waals surface area contributed by atoms with E-state index in [2.05, 4.69) is 15.1 Å². The zero-order valence-electron chi connectivity index (χ0n) is 9.97. The molecule has 1 aromatic heterocycles. The van der Waals surface area contributed by atoms with Crippen LogP contribution in [-0.4, -0.2) is 49.7 Å².